The number of aromatic nitrogens is 4. The van der Waals surface area contributed by atoms with E-state index in [2.05, 4.69) is 189 Å². The number of nitrogens with zero attached hydrogens (tertiary/aromatic N) is 4. The van der Waals surface area contributed by atoms with E-state index in [0.717, 1.165) is 58.3 Å². The minimum absolute atomic E-state index is 0.0614. The van der Waals surface area contributed by atoms with Gasteiger partial charge in [-0.25, -0.2) is 9.97 Å². The average Bonchev–Trinajstić information content (AvgIpc) is 3.79. The number of hydrogen-bond donors (Lipinski definition) is 0. The third kappa shape index (κ3) is 4.41. The van der Waals surface area contributed by atoms with Crippen molar-refractivity contribution < 1.29 is 0 Å². The summed E-state index contributed by atoms with van der Waals surface area (Å²) in [6, 6.07) is 50.0. The number of para-hydroxylation sites is 2. The lowest BCUT2D eigenvalue weighted by atomic mass is 9.54. The van der Waals surface area contributed by atoms with Crippen LogP contribution in [0.1, 0.15) is 69.5 Å². The van der Waals surface area contributed by atoms with Crippen LogP contribution in [0.4, 0.5) is 0 Å². The SMILES string of the molecule is CC1CC2(C)c3c(cccc3C1(C)C)-n1c3cc4c(cc3c3cccc2c31)c1ccccc1n4-c1cccc(-c2nc(C3=CC=CCC3)nc3c2ccc2ccccc23)c1. The fraction of sp³-hybridized carbons (Fsp3) is 0.179. The molecule has 2 atom stereocenters. The van der Waals surface area contributed by atoms with Crippen LogP contribution in [-0.2, 0) is 10.8 Å². The van der Waals surface area contributed by atoms with Crippen LogP contribution >= 0.6 is 0 Å². The highest BCUT2D eigenvalue weighted by Crippen LogP contribution is 2.58. The normalized spacial score (nSPS) is 19.2. The van der Waals surface area contributed by atoms with Gasteiger partial charge < -0.3 is 9.13 Å². The third-order valence-electron chi connectivity index (χ3n) is 14.9. The lowest BCUT2D eigenvalue weighted by molar-refractivity contribution is 0.244. The molecule has 288 valence electrons. The molecule has 0 saturated carbocycles. The Morgan fingerprint density at radius 2 is 1.38 bits per heavy atom. The lowest BCUT2D eigenvalue weighted by Crippen LogP contribution is -2.44. The van der Waals surface area contributed by atoms with Crippen LogP contribution in [0.2, 0.25) is 0 Å². The van der Waals surface area contributed by atoms with E-state index in [-0.39, 0.29) is 10.8 Å². The van der Waals surface area contributed by atoms with Crippen molar-refractivity contribution in [3.05, 3.63) is 174 Å². The quantitative estimate of drug-likeness (QED) is 0.168. The first-order chi connectivity index (χ1) is 29.3. The Balaban J connectivity index is 1.09. The molecule has 0 amide bonds. The van der Waals surface area contributed by atoms with Crippen LogP contribution in [0.5, 0.6) is 0 Å². The van der Waals surface area contributed by atoms with Gasteiger partial charge in [0, 0.05) is 49.0 Å². The summed E-state index contributed by atoms with van der Waals surface area (Å²) in [4.78, 5) is 10.7. The van der Waals surface area contributed by atoms with E-state index in [1.165, 1.54) is 76.9 Å². The monoisotopic (exact) mass is 772 g/mol. The molecule has 2 unspecified atom stereocenters. The third-order valence-corrected chi connectivity index (χ3v) is 14.9. The molecule has 2 aliphatic carbocycles. The fourth-order valence-electron chi connectivity index (χ4n) is 11.6. The molecule has 0 fully saturated rings. The van der Waals surface area contributed by atoms with Gasteiger partial charge in [-0.15, -0.1) is 0 Å². The maximum Gasteiger partial charge on any atom is 0.156 e. The predicted molar refractivity (Wildman–Crippen MR) is 251 cm³/mol. The van der Waals surface area contributed by atoms with Crippen LogP contribution in [0, 0.1) is 5.92 Å². The second-order valence-corrected chi connectivity index (χ2v) is 18.4. The van der Waals surface area contributed by atoms with Gasteiger partial charge in [0.05, 0.1) is 39.0 Å². The van der Waals surface area contributed by atoms with Gasteiger partial charge in [-0.3, -0.25) is 0 Å². The molecule has 60 heavy (non-hydrogen) atoms. The molecule has 4 heteroatoms. The molecular formula is C56H44N4. The van der Waals surface area contributed by atoms with Gasteiger partial charge in [0.15, 0.2) is 5.82 Å². The smallest absolute Gasteiger partial charge is 0.156 e. The summed E-state index contributed by atoms with van der Waals surface area (Å²) in [6.07, 6.45) is 9.61. The van der Waals surface area contributed by atoms with Crippen LogP contribution < -0.4 is 0 Å². The minimum atomic E-state index is -0.0614. The molecule has 1 aliphatic heterocycles. The average molecular weight is 773 g/mol. The Labute approximate surface area is 349 Å². The van der Waals surface area contributed by atoms with E-state index in [9.17, 15) is 0 Å². The zero-order chi connectivity index (χ0) is 40.1. The van der Waals surface area contributed by atoms with Crippen molar-refractivity contribution in [1.82, 2.24) is 19.1 Å². The van der Waals surface area contributed by atoms with E-state index < -0.39 is 0 Å². The molecule has 0 N–H and O–H groups in total. The fourth-order valence-corrected chi connectivity index (χ4v) is 11.6. The Morgan fingerprint density at radius 1 is 0.617 bits per heavy atom. The van der Waals surface area contributed by atoms with Crippen molar-refractivity contribution >= 4 is 70.9 Å². The zero-order valence-electron chi connectivity index (χ0n) is 34.4. The van der Waals surface area contributed by atoms with Crippen LogP contribution in [-0.4, -0.2) is 19.1 Å². The van der Waals surface area contributed by atoms with Gasteiger partial charge in [-0.05, 0) is 101 Å². The van der Waals surface area contributed by atoms with Gasteiger partial charge >= 0.3 is 0 Å². The highest BCUT2D eigenvalue weighted by atomic mass is 15.0. The first kappa shape index (κ1) is 34.1. The first-order valence-corrected chi connectivity index (χ1v) is 21.6. The summed E-state index contributed by atoms with van der Waals surface area (Å²) >= 11 is 0. The molecule has 4 heterocycles. The first-order valence-electron chi connectivity index (χ1n) is 21.6. The number of hydrogen-bond acceptors (Lipinski definition) is 2. The zero-order valence-corrected chi connectivity index (χ0v) is 34.4. The maximum absolute atomic E-state index is 5.39. The van der Waals surface area contributed by atoms with Crippen molar-refractivity contribution in [2.45, 2.75) is 57.8 Å². The number of fused-ring (bicyclic) bond motifs is 11. The highest BCUT2D eigenvalue weighted by Gasteiger charge is 2.49. The Kier molecular flexibility index (Phi) is 6.78. The van der Waals surface area contributed by atoms with E-state index in [0.29, 0.717) is 5.92 Å². The molecule has 3 aliphatic rings. The molecule has 0 saturated heterocycles. The van der Waals surface area contributed by atoms with Gasteiger partial charge in [0.25, 0.3) is 0 Å². The van der Waals surface area contributed by atoms with Crippen molar-refractivity contribution in [2.24, 2.45) is 5.92 Å². The Morgan fingerprint density at radius 3 is 2.27 bits per heavy atom. The molecule has 7 aromatic carbocycles. The van der Waals surface area contributed by atoms with Crippen molar-refractivity contribution in [2.75, 3.05) is 0 Å². The molecule has 3 aromatic heterocycles. The van der Waals surface area contributed by atoms with Crippen LogP contribution in [0.25, 0.3) is 93.5 Å². The largest absolute Gasteiger partial charge is 0.309 e. The maximum atomic E-state index is 5.39. The highest BCUT2D eigenvalue weighted by molar-refractivity contribution is 6.20. The van der Waals surface area contributed by atoms with Gasteiger partial charge in [-0.1, -0.05) is 137 Å². The molecule has 13 rings (SSSR count). The second-order valence-electron chi connectivity index (χ2n) is 18.4. The van der Waals surface area contributed by atoms with Crippen molar-refractivity contribution in [1.29, 1.82) is 0 Å². The van der Waals surface area contributed by atoms with Crippen LogP contribution in [0.15, 0.2) is 152 Å². The molecule has 4 nitrogen and oxygen atoms in total. The summed E-state index contributed by atoms with van der Waals surface area (Å²) in [5, 5.41) is 8.57. The summed E-state index contributed by atoms with van der Waals surface area (Å²) in [7, 11) is 0. The Hall–Kier alpha value is -6.78. The number of benzene rings is 7. The molecule has 0 spiro atoms. The number of allylic oxidation sites excluding steroid dienone is 4. The second kappa shape index (κ2) is 11.9. The van der Waals surface area contributed by atoms with Crippen molar-refractivity contribution in [3.63, 3.8) is 0 Å². The lowest BCUT2D eigenvalue weighted by Gasteiger charge is -2.50. The van der Waals surface area contributed by atoms with Gasteiger partial charge in [-0.2, -0.15) is 0 Å². The van der Waals surface area contributed by atoms with E-state index in [4.69, 9.17) is 9.97 Å². The van der Waals surface area contributed by atoms with Crippen LogP contribution in [0.3, 0.4) is 0 Å². The summed E-state index contributed by atoms with van der Waals surface area (Å²) in [6.45, 7) is 9.86. The van der Waals surface area contributed by atoms with E-state index in [1.807, 2.05) is 0 Å². The Bertz CT molecular complexity index is 3590. The molecule has 0 radical (unpaired) electrons. The van der Waals surface area contributed by atoms with Gasteiger partial charge in [0.2, 0.25) is 0 Å². The van der Waals surface area contributed by atoms with E-state index in [1.54, 1.807) is 0 Å². The topological polar surface area (TPSA) is 35.6 Å². The number of rotatable bonds is 3. The molecule has 10 aromatic rings. The minimum Gasteiger partial charge on any atom is -0.309 e. The summed E-state index contributed by atoms with van der Waals surface area (Å²) < 4.78 is 5.09. The summed E-state index contributed by atoms with van der Waals surface area (Å²) in [5.41, 5.74) is 16.1. The standard InChI is InChI=1S/C56H44N4/c1-33-32-56(4)45-24-13-22-40-43-30-42-39-21-10-11-25-46(39)59(48(42)31-49(43)60(53(40)45)47-26-14-23-44(50(47)56)55(33,2)3)37-19-12-18-36(29-37)51-41-28-27-34-15-8-9-20-38(34)52(41)58-54(57-51)35-16-6-5-7-17-35/h5-6,8-16,18-31,33H,7,17,32H2,1-4H3. The van der Waals surface area contributed by atoms with E-state index >= 15 is 0 Å². The molecule has 0 bridgehead atoms. The van der Waals surface area contributed by atoms with Crippen molar-refractivity contribution in [3.8, 4) is 22.6 Å². The summed E-state index contributed by atoms with van der Waals surface area (Å²) in [5.74, 6) is 1.36. The van der Waals surface area contributed by atoms with Gasteiger partial charge in [0.1, 0.15) is 0 Å². The predicted octanol–water partition coefficient (Wildman–Crippen LogP) is 14.3. The molecular weight excluding hydrogens is 729 g/mol.